The van der Waals surface area contributed by atoms with Crippen LogP contribution >= 0.6 is 0 Å². The van der Waals surface area contributed by atoms with Crippen molar-refractivity contribution in [2.24, 2.45) is 17.2 Å². The molecule has 262 valence electrons. The van der Waals surface area contributed by atoms with E-state index < -0.39 is 10.4 Å². The maximum atomic E-state index is 8.74. The van der Waals surface area contributed by atoms with Gasteiger partial charge in [0.15, 0.2) is 0 Å². The van der Waals surface area contributed by atoms with Gasteiger partial charge in [-0.25, -0.2) is 0 Å². The molecule has 11 nitrogen and oxygen atoms in total. The molecule has 0 rings (SSSR count). The second-order valence-corrected chi connectivity index (χ2v) is 10.9. The van der Waals surface area contributed by atoms with Gasteiger partial charge in [0.1, 0.15) is 0 Å². The molecule has 0 aliphatic heterocycles. The van der Waals surface area contributed by atoms with Gasteiger partial charge in [-0.3, -0.25) is 9.11 Å². The minimum absolute atomic E-state index is 0.0972. The van der Waals surface area contributed by atoms with E-state index in [0.717, 1.165) is 13.2 Å². The third-order valence-corrected chi connectivity index (χ3v) is 5.67. The third kappa shape index (κ3) is 97.5. The van der Waals surface area contributed by atoms with Crippen molar-refractivity contribution < 1.29 is 37.6 Å². The summed E-state index contributed by atoms with van der Waals surface area (Å²) in [6.45, 7) is 7.99. The fourth-order valence-electron chi connectivity index (χ4n) is 3.49. The molecule has 0 amide bonds. The van der Waals surface area contributed by atoms with Crippen LogP contribution in [0.25, 0.3) is 0 Å². The van der Waals surface area contributed by atoms with E-state index in [9.17, 15) is 0 Å². The van der Waals surface area contributed by atoms with E-state index in [0.29, 0.717) is 19.6 Å². The Morgan fingerprint density at radius 2 is 0.619 bits per heavy atom. The van der Waals surface area contributed by atoms with Crippen molar-refractivity contribution in [1.29, 1.82) is 0 Å². The molecule has 0 aromatic rings. The van der Waals surface area contributed by atoms with E-state index in [1.165, 1.54) is 128 Å². The van der Waals surface area contributed by atoms with Crippen molar-refractivity contribution in [2.45, 2.75) is 142 Å². The van der Waals surface area contributed by atoms with Gasteiger partial charge in [-0.2, -0.15) is 8.42 Å². The lowest BCUT2D eigenvalue weighted by Crippen LogP contribution is -2.02. The maximum Gasteiger partial charge on any atom is 0.394 e. The number of hydrogen-bond donors (Lipinski definition) is 8. The molecule has 0 atom stereocenters. The van der Waals surface area contributed by atoms with Gasteiger partial charge >= 0.3 is 10.4 Å². The van der Waals surface area contributed by atoms with Crippen molar-refractivity contribution in [3.8, 4) is 0 Å². The van der Waals surface area contributed by atoms with Crippen LogP contribution in [0, 0.1) is 0 Å². The molecule has 0 spiro atoms. The van der Waals surface area contributed by atoms with Gasteiger partial charge < -0.3 is 37.3 Å². The Balaban J connectivity index is -0.000000217. The van der Waals surface area contributed by atoms with Crippen LogP contribution in [-0.4, -0.2) is 85.5 Å². The zero-order valence-corrected chi connectivity index (χ0v) is 28.2. The highest BCUT2D eigenvalue weighted by Gasteiger charge is 1.95. The Morgan fingerprint density at radius 3 is 0.786 bits per heavy atom. The van der Waals surface area contributed by atoms with Gasteiger partial charge in [0.05, 0.1) is 19.8 Å². The van der Waals surface area contributed by atoms with Crippen molar-refractivity contribution >= 4 is 10.4 Å². The SMILES string of the molecule is CCCCCCCCCCCCOCCCCCCCCCCCC.NCCO.NCCO.NCCO.O=S(=O)(O)O. The second-order valence-electron chi connectivity index (χ2n) is 9.96. The predicted molar refractivity (Wildman–Crippen MR) is 177 cm³/mol. The molecule has 12 heteroatoms. The average molecular weight is 636 g/mol. The summed E-state index contributed by atoms with van der Waals surface area (Å²) in [6.07, 6.45) is 28.2. The van der Waals surface area contributed by atoms with Gasteiger partial charge in [0.2, 0.25) is 0 Å². The Morgan fingerprint density at radius 1 is 0.452 bits per heavy atom. The van der Waals surface area contributed by atoms with Gasteiger partial charge in [0, 0.05) is 32.8 Å². The summed E-state index contributed by atoms with van der Waals surface area (Å²) < 4.78 is 37.4. The molecule has 42 heavy (non-hydrogen) atoms. The van der Waals surface area contributed by atoms with E-state index >= 15 is 0 Å². The van der Waals surface area contributed by atoms with Crippen LogP contribution in [-0.2, 0) is 15.1 Å². The van der Waals surface area contributed by atoms with E-state index in [4.69, 9.17) is 54.8 Å². The average Bonchev–Trinajstić information content (AvgIpc) is 2.97. The first-order valence-electron chi connectivity index (χ1n) is 16.4. The minimum atomic E-state index is -4.67. The van der Waals surface area contributed by atoms with Gasteiger partial charge in [-0.1, -0.05) is 129 Å². The molecule has 0 saturated carbocycles. The highest BCUT2D eigenvalue weighted by atomic mass is 32.3. The van der Waals surface area contributed by atoms with Crippen LogP contribution in [0.3, 0.4) is 0 Å². The maximum absolute atomic E-state index is 8.74. The number of aliphatic hydroxyl groups is 3. The van der Waals surface area contributed by atoms with Crippen LogP contribution in [0.5, 0.6) is 0 Å². The van der Waals surface area contributed by atoms with E-state index in [2.05, 4.69) is 13.8 Å². The molecule has 0 aromatic heterocycles. The molecule has 0 unspecified atom stereocenters. The Hall–Kier alpha value is -0.410. The van der Waals surface area contributed by atoms with Crippen LogP contribution in [0.15, 0.2) is 0 Å². The first kappa shape index (κ1) is 51.2. The largest absolute Gasteiger partial charge is 0.395 e. The summed E-state index contributed by atoms with van der Waals surface area (Å²) in [4.78, 5) is 0. The topological polar surface area (TPSA) is 223 Å². The summed E-state index contributed by atoms with van der Waals surface area (Å²) in [5.41, 5.74) is 14.3. The second kappa shape index (κ2) is 53.2. The lowest BCUT2D eigenvalue weighted by molar-refractivity contribution is 0.125. The molecule has 0 aliphatic carbocycles. The van der Waals surface area contributed by atoms with Crippen LogP contribution in [0.2, 0.25) is 0 Å². The summed E-state index contributed by atoms with van der Waals surface area (Å²) in [5.74, 6) is 0. The Bertz CT molecular complexity index is 459. The van der Waals surface area contributed by atoms with Crippen molar-refractivity contribution in [1.82, 2.24) is 0 Å². The zero-order valence-electron chi connectivity index (χ0n) is 27.4. The normalized spacial score (nSPS) is 10.2. The molecule has 0 aromatic carbocycles. The number of rotatable bonds is 25. The molecule has 0 saturated heterocycles. The first-order chi connectivity index (χ1) is 20.2. The van der Waals surface area contributed by atoms with E-state index in [1.807, 2.05) is 0 Å². The molecule has 0 heterocycles. The summed E-state index contributed by atoms with van der Waals surface area (Å²) in [7, 11) is -4.67. The van der Waals surface area contributed by atoms with Gasteiger partial charge in [-0.15, -0.1) is 0 Å². The van der Waals surface area contributed by atoms with Crippen molar-refractivity contribution in [3.05, 3.63) is 0 Å². The lowest BCUT2D eigenvalue weighted by Gasteiger charge is -2.05. The quantitative estimate of drug-likeness (QED) is 0.0492. The summed E-state index contributed by atoms with van der Waals surface area (Å²) in [6, 6.07) is 0. The van der Waals surface area contributed by atoms with E-state index in [1.54, 1.807) is 0 Å². The number of ether oxygens (including phenoxy) is 1. The van der Waals surface area contributed by atoms with Crippen LogP contribution < -0.4 is 17.2 Å². The monoisotopic (exact) mass is 636 g/mol. The third-order valence-electron chi connectivity index (χ3n) is 5.67. The molecular formula is C30H73N3O8S. The van der Waals surface area contributed by atoms with Crippen molar-refractivity contribution in [2.75, 3.05) is 52.7 Å². The lowest BCUT2D eigenvalue weighted by atomic mass is 10.1. The number of hydrogen-bond acceptors (Lipinski definition) is 9. The van der Waals surface area contributed by atoms with Gasteiger partial charge in [0.25, 0.3) is 0 Å². The summed E-state index contributed by atoms with van der Waals surface area (Å²) >= 11 is 0. The Kier molecular flexibility index (Phi) is 64.8. The molecule has 11 N–H and O–H groups in total. The number of unbranched alkanes of at least 4 members (excludes halogenated alkanes) is 18. The highest BCUT2D eigenvalue weighted by molar-refractivity contribution is 7.79. The molecule has 0 aliphatic rings. The number of aliphatic hydroxyl groups excluding tert-OH is 3. The van der Waals surface area contributed by atoms with E-state index in [-0.39, 0.29) is 19.8 Å². The fourth-order valence-corrected chi connectivity index (χ4v) is 3.49. The molecule has 0 bridgehead atoms. The van der Waals surface area contributed by atoms with Crippen LogP contribution in [0.4, 0.5) is 0 Å². The molecule has 0 radical (unpaired) electrons. The number of nitrogens with two attached hydrogens (primary N) is 3. The smallest absolute Gasteiger partial charge is 0.394 e. The Labute approximate surface area is 259 Å². The standard InChI is InChI=1S/C24H50O.3C2H7NO.H2O4S/c1-3-5-7-9-11-13-15-17-19-21-23-25-24-22-20-18-16-14-12-10-8-6-4-2;3*3-1-2-4;1-5(2,3)4/h3-24H2,1-2H3;3*4H,1-3H2;(H2,1,2,3,4). The highest BCUT2D eigenvalue weighted by Crippen LogP contribution is 2.12. The summed E-state index contributed by atoms with van der Waals surface area (Å²) in [5, 5.41) is 23.2. The fraction of sp³-hybridized carbons (Fsp3) is 1.00. The first-order valence-corrected chi connectivity index (χ1v) is 17.8. The van der Waals surface area contributed by atoms with Gasteiger partial charge in [-0.05, 0) is 12.8 Å². The molecule has 0 fully saturated rings. The zero-order chi connectivity index (χ0) is 33.0. The minimum Gasteiger partial charge on any atom is -0.395 e. The van der Waals surface area contributed by atoms with Crippen molar-refractivity contribution in [3.63, 3.8) is 0 Å². The predicted octanol–water partition coefficient (Wildman–Crippen LogP) is 5.00. The molecular weight excluding hydrogens is 562 g/mol. The van der Waals surface area contributed by atoms with Crippen LogP contribution in [0.1, 0.15) is 142 Å².